The number of carbonyl (C=O) groups is 2. The number of hydrogen-bond acceptors (Lipinski definition) is 8. The molecule has 0 saturated carbocycles. The third-order valence-corrected chi connectivity index (χ3v) is 7.31. The Morgan fingerprint density at radius 1 is 1.00 bits per heavy atom. The number of ether oxygens (including phenoxy) is 2. The first-order chi connectivity index (χ1) is 20.7. The average molecular weight is 585 g/mol. The molecule has 0 spiro atoms. The highest BCUT2D eigenvalue weighted by Gasteiger charge is 2.38. The van der Waals surface area contributed by atoms with Crippen LogP contribution in [-0.4, -0.2) is 47.1 Å². The summed E-state index contributed by atoms with van der Waals surface area (Å²) in [6, 6.07) is 19.4. The van der Waals surface area contributed by atoms with E-state index in [0.29, 0.717) is 35.8 Å². The summed E-state index contributed by atoms with van der Waals surface area (Å²) in [7, 11) is 1.63. The summed E-state index contributed by atoms with van der Waals surface area (Å²) >= 11 is 0. The maximum atomic E-state index is 12.6. The number of aromatic nitrogens is 1. The van der Waals surface area contributed by atoms with E-state index < -0.39 is 11.8 Å². The molecule has 1 amide bonds. The summed E-state index contributed by atoms with van der Waals surface area (Å²) in [4.78, 5) is 27.7. The van der Waals surface area contributed by atoms with Gasteiger partial charge in [-0.15, -0.1) is 0 Å². The normalized spacial score (nSPS) is 16.8. The number of hydrogen-bond donors (Lipinski definition) is 4. The van der Waals surface area contributed by atoms with Crippen LogP contribution in [0.25, 0.3) is 11.3 Å². The van der Waals surface area contributed by atoms with Gasteiger partial charge in [-0.25, -0.2) is 9.78 Å². The number of carboxylic acids is 1. The number of nitrogens with one attached hydrogen (secondary N) is 3. The molecule has 1 atom stereocenters. The Kier molecular flexibility index (Phi) is 8.79. The van der Waals surface area contributed by atoms with Crippen LogP contribution in [0.2, 0.25) is 0 Å². The highest BCUT2D eigenvalue weighted by Crippen LogP contribution is 2.35. The van der Waals surface area contributed by atoms with Gasteiger partial charge < -0.3 is 29.6 Å². The number of nitrogens with zero attached hydrogens (tertiary/aromatic N) is 1. The van der Waals surface area contributed by atoms with Gasteiger partial charge >= 0.3 is 5.97 Å². The van der Waals surface area contributed by atoms with Crippen molar-refractivity contribution in [3.05, 3.63) is 96.0 Å². The maximum Gasteiger partial charge on any atom is 0.335 e. The number of anilines is 2. The molecule has 4 N–H and O–H groups in total. The van der Waals surface area contributed by atoms with Crippen molar-refractivity contribution in [2.24, 2.45) is 0 Å². The van der Waals surface area contributed by atoms with E-state index in [-0.39, 0.29) is 17.0 Å². The number of amides is 1. The highest BCUT2D eigenvalue weighted by molar-refractivity contribution is 6.04. The molecule has 1 unspecified atom stereocenters. The largest absolute Gasteiger partial charge is 0.496 e. The van der Waals surface area contributed by atoms with E-state index in [4.69, 9.17) is 19.0 Å². The lowest BCUT2D eigenvalue weighted by Crippen LogP contribution is -2.63. The number of oxazole rings is 1. The number of rotatable bonds is 11. The molecule has 1 aliphatic rings. The topological polar surface area (TPSA) is 135 Å². The van der Waals surface area contributed by atoms with Crippen LogP contribution >= 0.6 is 0 Å². The number of aromatic carboxylic acids is 1. The van der Waals surface area contributed by atoms with Crippen molar-refractivity contribution < 1.29 is 28.6 Å². The van der Waals surface area contributed by atoms with Crippen LogP contribution in [-0.2, 0) is 11.2 Å². The second-order valence-electron chi connectivity index (χ2n) is 11.3. The van der Waals surface area contributed by atoms with Crippen LogP contribution in [0.3, 0.4) is 0 Å². The summed E-state index contributed by atoms with van der Waals surface area (Å²) in [5.41, 5.74) is 3.56. The minimum atomic E-state index is -1.03. The van der Waals surface area contributed by atoms with Gasteiger partial charge in [0.15, 0.2) is 18.0 Å². The number of benzene rings is 3. The van der Waals surface area contributed by atoms with Crippen molar-refractivity contribution in [3.63, 3.8) is 0 Å². The second kappa shape index (κ2) is 12.7. The van der Waals surface area contributed by atoms with Gasteiger partial charge in [-0.2, -0.15) is 0 Å². The molecular formula is C33H36N4O6. The smallest absolute Gasteiger partial charge is 0.335 e. The predicted octanol–water partition coefficient (Wildman–Crippen LogP) is 6.18. The first kappa shape index (κ1) is 29.8. The lowest BCUT2D eigenvalue weighted by atomic mass is 9.93. The maximum absolute atomic E-state index is 12.6. The molecule has 10 heteroatoms. The summed E-state index contributed by atoms with van der Waals surface area (Å²) in [5.74, 6) is -0.818. The van der Waals surface area contributed by atoms with Crippen molar-refractivity contribution in [1.29, 1.82) is 0 Å². The Hall–Kier alpha value is -4.67. The van der Waals surface area contributed by atoms with E-state index in [0.717, 1.165) is 36.1 Å². The van der Waals surface area contributed by atoms with Crippen molar-refractivity contribution in [2.75, 3.05) is 24.4 Å². The number of methoxy groups -OCH3 is 1. The summed E-state index contributed by atoms with van der Waals surface area (Å²) in [6.45, 7) is 4.91. The molecule has 43 heavy (non-hydrogen) atoms. The molecule has 0 aliphatic carbocycles. The van der Waals surface area contributed by atoms with Crippen LogP contribution in [0.5, 0.6) is 5.75 Å². The monoisotopic (exact) mass is 584 g/mol. The van der Waals surface area contributed by atoms with Crippen LogP contribution in [0.15, 0.2) is 83.7 Å². The van der Waals surface area contributed by atoms with E-state index >= 15 is 0 Å². The minimum Gasteiger partial charge on any atom is -0.496 e. The van der Waals surface area contributed by atoms with Gasteiger partial charge in [0.25, 0.3) is 5.91 Å². The Morgan fingerprint density at radius 2 is 1.72 bits per heavy atom. The zero-order valence-electron chi connectivity index (χ0n) is 24.5. The molecule has 1 fully saturated rings. The fraction of sp³-hybridized carbons (Fsp3) is 0.303. The van der Waals surface area contributed by atoms with Crippen LogP contribution < -0.4 is 20.7 Å². The van der Waals surface area contributed by atoms with E-state index in [1.165, 1.54) is 30.7 Å². The standard InChI is InChI=1S/C33H36N4O6/c1-32(2,19-22-6-12-25(13-7-22)35-30(38)23-8-10-24(11-9-23)31(39)40)37-33(16-4-5-17-43-33)36-26-14-15-27(28(18-26)41-3)29-20-34-21-42-29/h6-15,18,20-21,36-37H,4-5,16-17,19H2,1-3H3,(H,35,38)(H,39,40). The van der Waals surface area contributed by atoms with E-state index in [9.17, 15) is 9.59 Å². The molecule has 0 bridgehead atoms. The molecule has 3 aromatic carbocycles. The fourth-order valence-corrected chi connectivity index (χ4v) is 5.35. The Morgan fingerprint density at radius 3 is 2.35 bits per heavy atom. The van der Waals surface area contributed by atoms with E-state index in [1.54, 1.807) is 13.3 Å². The van der Waals surface area contributed by atoms with Gasteiger partial charge in [-0.05, 0) is 87.2 Å². The third-order valence-electron chi connectivity index (χ3n) is 7.31. The van der Waals surface area contributed by atoms with Crippen molar-refractivity contribution in [3.8, 4) is 17.1 Å². The number of carboxylic acid groups (broad SMARTS) is 1. The van der Waals surface area contributed by atoms with E-state index in [2.05, 4.69) is 34.8 Å². The first-order valence-electron chi connectivity index (χ1n) is 14.2. The van der Waals surface area contributed by atoms with Gasteiger partial charge in [0, 0.05) is 35.0 Å². The number of carbonyl (C=O) groups excluding carboxylic acids is 1. The first-order valence-corrected chi connectivity index (χ1v) is 14.2. The average Bonchev–Trinajstić information content (AvgIpc) is 3.53. The highest BCUT2D eigenvalue weighted by atomic mass is 16.5. The van der Waals surface area contributed by atoms with Gasteiger partial charge in [0.2, 0.25) is 0 Å². The lowest BCUT2D eigenvalue weighted by molar-refractivity contribution is -0.0957. The molecular weight excluding hydrogens is 548 g/mol. The zero-order chi connectivity index (χ0) is 30.5. The third kappa shape index (κ3) is 7.40. The second-order valence-corrected chi connectivity index (χ2v) is 11.3. The van der Waals surface area contributed by atoms with Crippen molar-refractivity contribution in [2.45, 2.75) is 50.9 Å². The Bertz CT molecular complexity index is 1540. The quantitative estimate of drug-likeness (QED) is 0.152. The summed E-state index contributed by atoms with van der Waals surface area (Å²) in [6.07, 6.45) is 6.54. The molecule has 1 aromatic heterocycles. The van der Waals surface area contributed by atoms with Crippen LogP contribution in [0, 0.1) is 0 Å². The molecule has 5 rings (SSSR count). The Balaban J connectivity index is 1.25. The van der Waals surface area contributed by atoms with Gasteiger partial charge in [-0.3, -0.25) is 10.1 Å². The molecule has 0 radical (unpaired) electrons. The van der Waals surface area contributed by atoms with Crippen LogP contribution in [0.4, 0.5) is 11.4 Å². The van der Waals surface area contributed by atoms with Crippen molar-refractivity contribution >= 4 is 23.3 Å². The van der Waals surface area contributed by atoms with Crippen molar-refractivity contribution in [1.82, 2.24) is 10.3 Å². The zero-order valence-corrected chi connectivity index (χ0v) is 24.5. The lowest BCUT2D eigenvalue weighted by Gasteiger charge is -2.45. The SMILES string of the molecule is COc1cc(NC2(NC(C)(C)Cc3ccc(NC(=O)c4ccc(C(=O)O)cc4)cc3)CCCCO2)ccc1-c1cnco1. The molecule has 1 saturated heterocycles. The summed E-state index contributed by atoms with van der Waals surface area (Å²) in [5, 5.41) is 19.3. The van der Waals surface area contributed by atoms with E-state index in [1.807, 2.05) is 42.5 Å². The van der Waals surface area contributed by atoms with Crippen LogP contribution in [0.1, 0.15) is 59.4 Å². The molecule has 1 aliphatic heterocycles. The fourth-order valence-electron chi connectivity index (χ4n) is 5.35. The van der Waals surface area contributed by atoms with Gasteiger partial charge in [0.1, 0.15) is 5.75 Å². The molecule has 4 aromatic rings. The summed E-state index contributed by atoms with van der Waals surface area (Å²) < 4.78 is 17.5. The molecule has 10 nitrogen and oxygen atoms in total. The van der Waals surface area contributed by atoms with Gasteiger partial charge in [0.05, 0.1) is 31.0 Å². The molecule has 2 heterocycles. The minimum absolute atomic E-state index is 0.133. The Labute approximate surface area is 250 Å². The van der Waals surface area contributed by atoms with Gasteiger partial charge in [-0.1, -0.05) is 12.1 Å². The predicted molar refractivity (Wildman–Crippen MR) is 163 cm³/mol. The molecule has 224 valence electrons.